The normalized spacial score (nSPS) is 12.9. The van der Waals surface area contributed by atoms with Crippen LogP contribution in [0.1, 0.15) is 48.9 Å². The number of ketones is 1. The number of nitrogens with one attached hydrogen (secondary N) is 1. The number of halogens is 3. The summed E-state index contributed by atoms with van der Waals surface area (Å²) in [7, 11) is 1.18. The average Bonchev–Trinajstić information content (AvgIpc) is 2.74. The summed E-state index contributed by atoms with van der Waals surface area (Å²) in [6, 6.07) is 12.5. The molecular formula is C23H24F3NO3. The number of benzene rings is 2. The van der Waals surface area contributed by atoms with Crippen LogP contribution in [0.5, 0.6) is 0 Å². The van der Waals surface area contributed by atoms with Gasteiger partial charge in [-0.25, -0.2) is 4.79 Å². The Morgan fingerprint density at radius 2 is 1.70 bits per heavy atom. The minimum absolute atomic E-state index is 0.193. The molecule has 0 bridgehead atoms. The van der Waals surface area contributed by atoms with Crippen LogP contribution in [0.3, 0.4) is 0 Å². The number of amides is 1. The Hall–Kier alpha value is -3.09. The zero-order valence-corrected chi connectivity index (χ0v) is 16.8. The van der Waals surface area contributed by atoms with Gasteiger partial charge in [-0.15, -0.1) is 0 Å². The Bertz CT molecular complexity index is 875. The molecule has 0 aliphatic rings. The molecule has 0 radical (unpaired) electrons. The molecule has 2 aromatic carbocycles. The molecule has 160 valence electrons. The molecular weight excluding hydrogens is 395 g/mol. The fourth-order valence-corrected chi connectivity index (χ4v) is 2.92. The lowest BCUT2D eigenvalue weighted by molar-refractivity contribution is -0.137. The van der Waals surface area contributed by atoms with Gasteiger partial charge in [0, 0.05) is 12.0 Å². The molecule has 2 aromatic rings. The summed E-state index contributed by atoms with van der Waals surface area (Å²) < 4.78 is 43.5. The fourth-order valence-electron chi connectivity index (χ4n) is 2.92. The number of hydrogen-bond acceptors (Lipinski definition) is 3. The summed E-state index contributed by atoms with van der Waals surface area (Å²) in [4.78, 5) is 24.9. The number of alkyl carbamates (subject to hydrolysis) is 1. The summed E-state index contributed by atoms with van der Waals surface area (Å²) in [6.45, 7) is 1.95. The van der Waals surface area contributed by atoms with Crippen LogP contribution < -0.4 is 5.32 Å². The monoisotopic (exact) mass is 419 g/mol. The summed E-state index contributed by atoms with van der Waals surface area (Å²) in [5, 5.41) is 2.59. The standard InChI is InChI=1S/C23H24F3NO3/c1-3-4-10-20(28)19(15-16-8-6-5-7-9-16)21(27-22(29)30-2)17-11-13-18(14-12-17)23(24,25)26/h5-9,11-15,21H,3-4,10H2,1-2H3,(H,27,29)/b19-15+. The molecule has 0 aliphatic carbocycles. The number of rotatable bonds is 8. The lowest BCUT2D eigenvalue weighted by atomic mass is 9.91. The van der Waals surface area contributed by atoms with Crippen LogP contribution >= 0.6 is 0 Å². The van der Waals surface area contributed by atoms with Gasteiger partial charge in [-0.3, -0.25) is 4.79 Å². The second-order valence-corrected chi connectivity index (χ2v) is 6.73. The third kappa shape index (κ3) is 6.47. The van der Waals surface area contributed by atoms with E-state index in [1.807, 2.05) is 13.0 Å². The van der Waals surface area contributed by atoms with Gasteiger partial charge in [0.2, 0.25) is 0 Å². The number of ether oxygens (including phenoxy) is 1. The first-order valence-electron chi connectivity index (χ1n) is 9.57. The zero-order chi connectivity index (χ0) is 22.1. The summed E-state index contributed by atoms with van der Waals surface area (Å²) in [6.07, 6.45) is -1.90. The van der Waals surface area contributed by atoms with Gasteiger partial charge in [0.05, 0.1) is 18.7 Å². The van der Waals surface area contributed by atoms with Gasteiger partial charge >= 0.3 is 12.3 Å². The van der Waals surface area contributed by atoms with Crippen LogP contribution in [-0.2, 0) is 15.7 Å². The highest BCUT2D eigenvalue weighted by Crippen LogP contribution is 2.32. The molecule has 2 rings (SSSR count). The molecule has 4 nitrogen and oxygen atoms in total. The van der Waals surface area contributed by atoms with Crippen LogP contribution in [0.2, 0.25) is 0 Å². The quantitative estimate of drug-likeness (QED) is 0.538. The van der Waals surface area contributed by atoms with E-state index in [0.717, 1.165) is 24.1 Å². The third-order valence-electron chi connectivity index (χ3n) is 4.53. The molecule has 1 atom stereocenters. The first-order valence-corrected chi connectivity index (χ1v) is 9.57. The largest absolute Gasteiger partial charge is 0.453 e. The lowest BCUT2D eigenvalue weighted by Crippen LogP contribution is -2.32. The van der Waals surface area contributed by atoms with Gasteiger partial charge in [0.25, 0.3) is 0 Å². The zero-order valence-electron chi connectivity index (χ0n) is 16.8. The number of hydrogen-bond donors (Lipinski definition) is 1. The van der Waals surface area contributed by atoms with E-state index in [-0.39, 0.29) is 17.8 Å². The number of carbonyl (C=O) groups excluding carboxylic acids is 2. The van der Waals surface area contributed by atoms with E-state index in [0.29, 0.717) is 12.0 Å². The molecule has 0 aliphatic heterocycles. The van der Waals surface area contributed by atoms with Gasteiger partial charge in [-0.05, 0) is 35.8 Å². The molecule has 30 heavy (non-hydrogen) atoms. The Balaban J connectivity index is 2.53. The smallest absolute Gasteiger partial charge is 0.416 e. The van der Waals surface area contributed by atoms with E-state index in [2.05, 4.69) is 10.1 Å². The van der Waals surface area contributed by atoms with Gasteiger partial charge < -0.3 is 10.1 Å². The SMILES string of the molecule is CCCCC(=O)/C(=C\c1ccccc1)C(NC(=O)OC)c1ccc(C(F)(F)F)cc1. The molecule has 0 saturated heterocycles. The highest BCUT2D eigenvalue weighted by atomic mass is 19.4. The highest BCUT2D eigenvalue weighted by Gasteiger charge is 2.31. The van der Waals surface area contributed by atoms with Gasteiger partial charge in [0.1, 0.15) is 0 Å². The number of methoxy groups -OCH3 is 1. The highest BCUT2D eigenvalue weighted by molar-refractivity contribution is 6.01. The maximum Gasteiger partial charge on any atom is 0.416 e. The maximum absolute atomic E-state index is 13.0. The Morgan fingerprint density at radius 3 is 2.23 bits per heavy atom. The number of unbranched alkanes of at least 4 members (excludes halogenated alkanes) is 1. The summed E-state index contributed by atoms with van der Waals surface area (Å²) >= 11 is 0. The Morgan fingerprint density at radius 1 is 1.07 bits per heavy atom. The van der Waals surface area contributed by atoms with Crippen molar-refractivity contribution in [3.63, 3.8) is 0 Å². The molecule has 1 N–H and O–H groups in total. The molecule has 1 amide bonds. The van der Waals surface area contributed by atoms with Crippen LogP contribution in [0.4, 0.5) is 18.0 Å². The van der Waals surface area contributed by atoms with Crippen molar-refractivity contribution < 1.29 is 27.5 Å². The molecule has 0 saturated carbocycles. The van der Waals surface area contributed by atoms with E-state index in [1.54, 1.807) is 30.3 Å². The molecule has 7 heteroatoms. The van der Waals surface area contributed by atoms with Crippen molar-refractivity contribution in [2.75, 3.05) is 7.11 Å². The fraction of sp³-hybridized carbons (Fsp3) is 0.304. The van der Waals surface area contributed by atoms with Gasteiger partial charge in [-0.2, -0.15) is 13.2 Å². The number of Topliss-reactive ketones (excluding diaryl/α,β-unsaturated/α-hetero) is 1. The summed E-state index contributed by atoms with van der Waals surface area (Å²) in [5.41, 5.74) is 0.551. The van der Waals surface area contributed by atoms with E-state index < -0.39 is 23.9 Å². The maximum atomic E-state index is 13.0. The predicted octanol–water partition coefficient (Wildman–Crippen LogP) is 5.95. The van der Waals surface area contributed by atoms with Crippen molar-refractivity contribution in [1.82, 2.24) is 5.32 Å². The van der Waals surface area contributed by atoms with Crippen LogP contribution in [0, 0.1) is 0 Å². The summed E-state index contributed by atoms with van der Waals surface area (Å²) in [5.74, 6) is -0.193. The van der Waals surface area contributed by atoms with E-state index in [4.69, 9.17) is 0 Å². The van der Waals surface area contributed by atoms with Crippen molar-refractivity contribution >= 4 is 18.0 Å². The van der Waals surface area contributed by atoms with Gasteiger partial charge in [-0.1, -0.05) is 55.8 Å². The molecule has 0 aromatic heterocycles. The second-order valence-electron chi connectivity index (χ2n) is 6.73. The van der Waals surface area contributed by atoms with Crippen molar-refractivity contribution in [3.8, 4) is 0 Å². The first kappa shape index (κ1) is 23.2. The Labute approximate surface area is 173 Å². The van der Waals surface area contributed by atoms with Crippen molar-refractivity contribution in [2.24, 2.45) is 0 Å². The molecule has 1 unspecified atom stereocenters. The molecule has 0 spiro atoms. The molecule has 0 heterocycles. The van der Waals surface area contributed by atoms with E-state index >= 15 is 0 Å². The number of carbonyl (C=O) groups is 2. The topological polar surface area (TPSA) is 55.4 Å². The van der Waals surface area contributed by atoms with Crippen molar-refractivity contribution in [1.29, 1.82) is 0 Å². The van der Waals surface area contributed by atoms with E-state index in [1.165, 1.54) is 19.2 Å². The van der Waals surface area contributed by atoms with Crippen molar-refractivity contribution in [3.05, 3.63) is 76.9 Å². The van der Waals surface area contributed by atoms with Crippen LogP contribution in [0.25, 0.3) is 6.08 Å². The van der Waals surface area contributed by atoms with Crippen molar-refractivity contribution in [2.45, 2.75) is 38.4 Å². The van der Waals surface area contributed by atoms with Gasteiger partial charge in [0.15, 0.2) is 5.78 Å². The lowest BCUT2D eigenvalue weighted by Gasteiger charge is -2.22. The third-order valence-corrected chi connectivity index (χ3v) is 4.53. The molecule has 0 fully saturated rings. The Kier molecular flexibility index (Phi) is 8.21. The minimum Gasteiger partial charge on any atom is -0.453 e. The second kappa shape index (κ2) is 10.6. The minimum atomic E-state index is -4.48. The van der Waals surface area contributed by atoms with E-state index in [9.17, 15) is 22.8 Å². The van der Waals surface area contributed by atoms with Crippen LogP contribution in [0.15, 0.2) is 60.2 Å². The predicted molar refractivity (Wildman–Crippen MR) is 109 cm³/mol. The first-order chi connectivity index (χ1) is 14.3. The number of alkyl halides is 3. The average molecular weight is 419 g/mol. The van der Waals surface area contributed by atoms with Crippen LogP contribution in [-0.4, -0.2) is 19.0 Å².